The van der Waals surface area contributed by atoms with E-state index in [0.717, 1.165) is 74.9 Å². The highest BCUT2D eigenvalue weighted by molar-refractivity contribution is 5.92. The maximum absolute atomic E-state index is 14.2. The number of rotatable bonds is 7. The first-order valence-corrected chi connectivity index (χ1v) is 18.4. The Bertz CT molecular complexity index is 1540. The third-order valence-corrected chi connectivity index (χ3v) is 10.6. The molecule has 274 valence electrons. The maximum atomic E-state index is 14.2. The van der Waals surface area contributed by atoms with Gasteiger partial charge >= 0.3 is 12.1 Å². The highest BCUT2D eigenvalue weighted by atomic mass is 16.6. The number of nitrogens with zero attached hydrogens (tertiary/aromatic N) is 3. The van der Waals surface area contributed by atoms with Crippen LogP contribution in [0.25, 0.3) is 10.9 Å². The average molecular weight is 695 g/mol. The highest BCUT2D eigenvalue weighted by Gasteiger charge is 2.47. The van der Waals surface area contributed by atoms with Gasteiger partial charge in [-0.25, -0.2) is 14.6 Å². The summed E-state index contributed by atoms with van der Waals surface area (Å²) in [5, 5.41) is 3.70. The lowest BCUT2D eigenvalue weighted by atomic mass is 9.85. The number of esters is 1. The fourth-order valence-electron chi connectivity index (χ4n) is 7.67. The van der Waals surface area contributed by atoms with Crippen molar-refractivity contribution in [3.63, 3.8) is 0 Å². The fourth-order valence-corrected chi connectivity index (χ4v) is 7.67. The van der Waals surface area contributed by atoms with Crippen LogP contribution in [0.3, 0.4) is 0 Å². The molecule has 12 heteroatoms. The number of alkyl carbamates (subject to hydrolysis) is 1. The van der Waals surface area contributed by atoms with Crippen molar-refractivity contribution < 1.29 is 38.1 Å². The summed E-state index contributed by atoms with van der Waals surface area (Å²) in [6, 6.07) is 4.02. The molecule has 4 heterocycles. The number of fused-ring (bicyclic) bond motifs is 5. The van der Waals surface area contributed by atoms with Gasteiger partial charge in [-0.05, 0) is 81.5 Å². The zero-order valence-electron chi connectivity index (χ0n) is 30.3. The molecule has 1 unspecified atom stereocenters. The summed E-state index contributed by atoms with van der Waals surface area (Å²) in [4.78, 5) is 49.4. The molecule has 1 aromatic carbocycles. The van der Waals surface area contributed by atoms with Gasteiger partial charge in [-0.3, -0.25) is 4.79 Å². The van der Waals surface area contributed by atoms with Crippen molar-refractivity contribution in [1.82, 2.24) is 20.1 Å². The molecule has 3 fully saturated rings. The number of amides is 2. The fraction of sp³-hybridized carbons (Fsp3) is 0.684. The Kier molecular flexibility index (Phi) is 11.2. The largest absolute Gasteiger partial charge is 0.494 e. The van der Waals surface area contributed by atoms with E-state index in [1.54, 1.807) is 7.11 Å². The number of carbonyl (C=O) groups excluding carboxylic acids is 3. The van der Waals surface area contributed by atoms with Crippen LogP contribution in [0.2, 0.25) is 0 Å². The molecule has 2 amide bonds. The van der Waals surface area contributed by atoms with Crippen molar-refractivity contribution >= 4 is 28.9 Å². The van der Waals surface area contributed by atoms with E-state index in [4.69, 9.17) is 28.7 Å². The minimum atomic E-state index is -0.934. The van der Waals surface area contributed by atoms with E-state index in [1.165, 1.54) is 24.9 Å². The minimum absolute atomic E-state index is 0.115. The number of hydrogen-bond acceptors (Lipinski definition) is 10. The summed E-state index contributed by atoms with van der Waals surface area (Å²) in [6.07, 6.45) is 7.65. The summed E-state index contributed by atoms with van der Waals surface area (Å²) in [5.74, 6) is 1.17. The Morgan fingerprint density at radius 3 is 2.58 bits per heavy atom. The second-order valence-corrected chi connectivity index (χ2v) is 15.3. The smallest absolute Gasteiger partial charge is 0.408 e. The molecule has 5 atom stereocenters. The molecule has 0 spiro atoms. The Hall–Kier alpha value is -3.80. The number of ether oxygens (including phenoxy) is 5. The lowest BCUT2D eigenvalue weighted by molar-refractivity contribution is -0.152. The SMILES string of the molecule is COC(=O)[C@@H]1C[C@@H]2CN1C(=O)[C@H](C(C)(C)C)NC(=O)O[C@@H]1CC1CCCCCc1c(nc3c(OC)cccc3c1OCCCN1CCCC1)O2. The third kappa shape index (κ3) is 8.22. The van der Waals surface area contributed by atoms with Crippen LogP contribution in [0.4, 0.5) is 4.79 Å². The molecule has 2 aromatic rings. The van der Waals surface area contributed by atoms with E-state index in [-0.39, 0.29) is 25.0 Å². The second-order valence-electron chi connectivity index (χ2n) is 15.3. The van der Waals surface area contributed by atoms with Crippen LogP contribution < -0.4 is 19.5 Å². The summed E-state index contributed by atoms with van der Waals surface area (Å²) >= 11 is 0. The molecule has 1 N–H and O–H groups in total. The van der Waals surface area contributed by atoms with Gasteiger partial charge < -0.3 is 38.8 Å². The Morgan fingerprint density at radius 2 is 1.84 bits per heavy atom. The normalized spacial score (nSPS) is 26.5. The number of likely N-dealkylation sites (tertiary alicyclic amines) is 1. The molecular formula is C38H54N4O8. The first-order chi connectivity index (χ1) is 24.1. The number of nitrogens with one attached hydrogen (secondary N) is 1. The highest BCUT2D eigenvalue weighted by Crippen LogP contribution is 2.42. The Labute approximate surface area is 295 Å². The lowest BCUT2D eigenvalue weighted by Gasteiger charge is -2.34. The molecule has 3 aliphatic heterocycles. The summed E-state index contributed by atoms with van der Waals surface area (Å²) < 4.78 is 30.1. The van der Waals surface area contributed by atoms with Crippen molar-refractivity contribution in [2.24, 2.45) is 11.3 Å². The van der Waals surface area contributed by atoms with Gasteiger partial charge in [0.15, 0.2) is 0 Å². The average Bonchev–Trinajstić information content (AvgIpc) is 3.42. The van der Waals surface area contributed by atoms with Crippen molar-refractivity contribution in [3.8, 4) is 17.4 Å². The second kappa shape index (κ2) is 15.6. The van der Waals surface area contributed by atoms with E-state index in [2.05, 4.69) is 10.2 Å². The molecule has 4 aliphatic rings. The minimum Gasteiger partial charge on any atom is -0.494 e. The first kappa shape index (κ1) is 36.0. The number of aromatic nitrogens is 1. The summed E-state index contributed by atoms with van der Waals surface area (Å²) in [7, 11) is 2.93. The Balaban J connectivity index is 1.36. The molecular weight excluding hydrogens is 640 g/mol. The van der Waals surface area contributed by atoms with Gasteiger partial charge in [-0.2, -0.15) is 0 Å². The predicted octanol–water partition coefficient (Wildman–Crippen LogP) is 5.28. The van der Waals surface area contributed by atoms with E-state index in [9.17, 15) is 14.4 Å². The van der Waals surface area contributed by atoms with Gasteiger partial charge in [-0.15, -0.1) is 0 Å². The van der Waals surface area contributed by atoms with Gasteiger partial charge in [0.2, 0.25) is 11.8 Å². The van der Waals surface area contributed by atoms with Crippen LogP contribution in [0.1, 0.15) is 84.1 Å². The standard InChI is InChI=1S/C38H54N4O8/c1-38(2,3)33-35(43)42-23-25(22-28(42)36(44)47-5)49-34-27(14-8-6-7-13-24-21-30(24)50-37(45)40-33)32(48-20-12-19-41-17-9-10-18-41)26-15-11-16-29(46-4)31(26)39-34/h11,15-16,24-25,28,30,33H,6-10,12-14,17-23H2,1-5H3,(H,40,45)/t24?,25-,28+,30-,33-/m1/s1. The zero-order chi connectivity index (χ0) is 35.4. The van der Waals surface area contributed by atoms with Crippen LogP contribution in [0.15, 0.2) is 18.2 Å². The summed E-state index contributed by atoms with van der Waals surface area (Å²) in [6.45, 7) is 9.58. The van der Waals surface area contributed by atoms with Crippen LogP contribution >= 0.6 is 0 Å². The van der Waals surface area contributed by atoms with Crippen LogP contribution in [-0.4, -0.2) is 104 Å². The van der Waals surface area contributed by atoms with Gasteiger partial charge in [0.05, 0.1) is 32.9 Å². The number of para-hydroxylation sites is 1. The van der Waals surface area contributed by atoms with E-state index in [1.807, 2.05) is 39.0 Å². The topological polar surface area (TPSA) is 129 Å². The molecule has 2 bridgehead atoms. The zero-order valence-corrected chi connectivity index (χ0v) is 30.3. The number of hydrogen-bond donors (Lipinski definition) is 1. The first-order valence-electron chi connectivity index (χ1n) is 18.4. The predicted molar refractivity (Wildman–Crippen MR) is 188 cm³/mol. The van der Waals surface area contributed by atoms with Crippen LogP contribution in [-0.2, 0) is 25.5 Å². The van der Waals surface area contributed by atoms with E-state index in [0.29, 0.717) is 36.1 Å². The molecule has 0 radical (unpaired) electrons. The van der Waals surface area contributed by atoms with Crippen LogP contribution in [0, 0.1) is 11.3 Å². The van der Waals surface area contributed by atoms with Gasteiger partial charge in [0, 0.05) is 18.4 Å². The molecule has 12 nitrogen and oxygen atoms in total. The number of pyridine rings is 1. The number of methoxy groups -OCH3 is 2. The van der Waals surface area contributed by atoms with Crippen molar-refractivity contribution in [3.05, 3.63) is 23.8 Å². The quantitative estimate of drug-likeness (QED) is 0.302. The van der Waals surface area contributed by atoms with Crippen LogP contribution in [0.5, 0.6) is 17.4 Å². The monoisotopic (exact) mass is 694 g/mol. The van der Waals surface area contributed by atoms with Crippen molar-refractivity contribution in [2.75, 3.05) is 47.0 Å². The molecule has 1 aliphatic carbocycles. The van der Waals surface area contributed by atoms with Crippen molar-refractivity contribution in [2.45, 2.75) is 109 Å². The van der Waals surface area contributed by atoms with Gasteiger partial charge in [0.25, 0.3) is 0 Å². The van der Waals surface area contributed by atoms with Crippen molar-refractivity contribution in [1.29, 1.82) is 0 Å². The van der Waals surface area contributed by atoms with Gasteiger partial charge in [-0.1, -0.05) is 39.7 Å². The number of carbonyl (C=O) groups is 3. The molecule has 50 heavy (non-hydrogen) atoms. The van der Waals surface area contributed by atoms with E-state index < -0.39 is 35.7 Å². The Morgan fingerprint density at radius 1 is 1.04 bits per heavy atom. The van der Waals surface area contributed by atoms with Gasteiger partial charge in [0.1, 0.15) is 41.3 Å². The number of benzene rings is 1. The molecule has 2 saturated heterocycles. The lowest BCUT2D eigenvalue weighted by Crippen LogP contribution is -2.57. The molecule has 1 aromatic heterocycles. The maximum Gasteiger partial charge on any atom is 0.408 e. The third-order valence-electron chi connectivity index (χ3n) is 10.6. The summed E-state index contributed by atoms with van der Waals surface area (Å²) in [5.41, 5.74) is 0.862. The van der Waals surface area contributed by atoms with E-state index >= 15 is 0 Å². The molecule has 1 saturated carbocycles. The molecule has 6 rings (SSSR count).